The molecule has 0 N–H and O–H groups in total. The molecule has 0 fully saturated rings. The van der Waals surface area contributed by atoms with Crippen molar-refractivity contribution in [1.29, 1.82) is 0 Å². The molecule has 1 aromatic heterocycles. The fourth-order valence-electron chi connectivity index (χ4n) is 0.439. The van der Waals surface area contributed by atoms with Crippen molar-refractivity contribution in [2.24, 2.45) is 0 Å². The summed E-state index contributed by atoms with van der Waals surface area (Å²) >= 11 is 3.16. The third-order valence-corrected chi connectivity index (χ3v) is 1.16. The molecule has 0 unspecified atom stereocenters. The van der Waals surface area contributed by atoms with E-state index in [1.807, 2.05) is 0 Å². The summed E-state index contributed by atoms with van der Waals surface area (Å²) in [6.45, 7) is 3.62. The molecule has 1 rings (SSSR count). The normalized spacial score (nSPS) is 9.00. The summed E-state index contributed by atoms with van der Waals surface area (Å²) < 4.78 is 0.711. The Labute approximate surface area is 61.8 Å². The van der Waals surface area contributed by atoms with Gasteiger partial charge < -0.3 is 0 Å². The first-order valence-corrected chi connectivity index (χ1v) is 3.22. The van der Waals surface area contributed by atoms with Gasteiger partial charge in [0.15, 0.2) is 5.82 Å². The second-order valence-electron chi connectivity index (χ2n) is 1.48. The summed E-state index contributed by atoms with van der Waals surface area (Å²) in [7, 11) is 0. The minimum atomic E-state index is 0.637. The molecule has 1 aromatic rings. The van der Waals surface area contributed by atoms with E-state index in [9.17, 15) is 0 Å². The maximum atomic E-state index is 3.92. The highest BCUT2D eigenvalue weighted by Crippen LogP contribution is 2.11. The molecule has 0 aliphatic rings. The number of nitrogens with zero attached hydrogens (tertiary/aromatic N) is 2. The molecule has 0 aliphatic heterocycles. The summed E-state index contributed by atoms with van der Waals surface area (Å²) in [5.74, 6) is 0.637. The van der Waals surface area contributed by atoms with Crippen LogP contribution in [0, 0.1) is 0 Å². The van der Waals surface area contributed by atoms with Gasteiger partial charge in [-0.15, -0.1) is 0 Å². The highest BCUT2D eigenvalue weighted by molar-refractivity contribution is 9.15. The van der Waals surface area contributed by atoms with Crippen LogP contribution in [0.3, 0.4) is 0 Å². The summed E-state index contributed by atoms with van der Waals surface area (Å²) in [4.78, 5) is 7.84. The largest absolute Gasteiger partial charge is 0.236 e. The summed E-state index contributed by atoms with van der Waals surface area (Å²) in [5.41, 5.74) is 0. The van der Waals surface area contributed by atoms with Crippen molar-refractivity contribution in [3.8, 4) is 0 Å². The van der Waals surface area contributed by atoms with Crippen molar-refractivity contribution in [3.05, 3.63) is 30.9 Å². The van der Waals surface area contributed by atoms with Gasteiger partial charge in [-0.1, -0.05) is 6.58 Å². The van der Waals surface area contributed by atoms with E-state index in [1.165, 1.54) is 0 Å². The van der Waals surface area contributed by atoms with Gasteiger partial charge >= 0.3 is 0 Å². The Morgan fingerprint density at radius 3 is 2.33 bits per heavy atom. The fraction of sp³-hybridized carbons (Fsp3) is 0. The van der Waals surface area contributed by atoms with E-state index in [-0.39, 0.29) is 0 Å². The predicted octanol–water partition coefficient (Wildman–Crippen LogP) is 1.84. The molecule has 0 bridgehead atoms. The van der Waals surface area contributed by atoms with Crippen LogP contribution in [-0.4, -0.2) is 9.97 Å². The number of rotatable bonds is 1. The minimum Gasteiger partial charge on any atom is -0.236 e. The molecule has 1 heterocycles. The van der Waals surface area contributed by atoms with Gasteiger partial charge in [-0.25, -0.2) is 9.97 Å². The van der Waals surface area contributed by atoms with Crippen LogP contribution in [0.1, 0.15) is 5.82 Å². The Hall–Kier alpha value is -0.700. The van der Waals surface area contributed by atoms with Crippen LogP contribution in [0.4, 0.5) is 0 Å². The molecule has 0 saturated carbocycles. The third-order valence-electron chi connectivity index (χ3n) is 0.808. The average molecular weight is 185 g/mol. The zero-order valence-corrected chi connectivity index (χ0v) is 6.30. The van der Waals surface area contributed by atoms with Crippen molar-refractivity contribution in [2.45, 2.75) is 0 Å². The van der Waals surface area contributed by atoms with Crippen molar-refractivity contribution in [2.75, 3.05) is 0 Å². The molecule has 9 heavy (non-hydrogen) atoms. The lowest BCUT2D eigenvalue weighted by Gasteiger charge is -1.90. The second kappa shape index (κ2) is 2.73. The van der Waals surface area contributed by atoms with E-state index in [0.717, 1.165) is 0 Å². The fourth-order valence-corrected chi connectivity index (χ4v) is 0.644. The van der Waals surface area contributed by atoms with E-state index in [1.54, 1.807) is 18.5 Å². The van der Waals surface area contributed by atoms with Crippen LogP contribution in [0.15, 0.2) is 25.0 Å². The minimum absolute atomic E-state index is 0.637. The molecule has 0 aliphatic carbocycles. The highest BCUT2D eigenvalue weighted by Gasteiger charge is 1.92. The first-order valence-electron chi connectivity index (χ1n) is 2.42. The summed E-state index contributed by atoms with van der Waals surface area (Å²) in [6, 6.07) is 1.76. The molecule has 46 valence electrons. The van der Waals surface area contributed by atoms with Crippen LogP contribution in [0.5, 0.6) is 0 Å². The Kier molecular flexibility index (Phi) is 1.95. The Morgan fingerprint density at radius 2 is 2.00 bits per heavy atom. The standard InChI is InChI=1S/C6H5BrN2/c1-5(7)6-8-3-2-4-9-6/h2-4H,1H2. The quantitative estimate of drug-likeness (QED) is 0.666. The molecule has 0 atom stereocenters. The zero-order chi connectivity index (χ0) is 6.69. The van der Waals surface area contributed by atoms with E-state index in [4.69, 9.17) is 0 Å². The smallest absolute Gasteiger partial charge is 0.165 e. The van der Waals surface area contributed by atoms with Crippen molar-refractivity contribution >= 4 is 20.4 Å². The first-order chi connectivity index (χ1) is 4.30. The van der Waals surface area contributed by atoms with Gasteiger partial charge in [0.25, 0.3) is 0 Å². The zero-order valence-electron chi connectivity index (χ0n) is 4.71. The Morgan fingerprint density at radius 1 is 1.44 bits per heavy atom. The lowest BCUT2D eigenvalue weighted by molar-refractivity contribution is 1.13. The maximum absolute atomic E-state index is 3.92. The lowest BCUT2D eigenvalue weighted by Crippen LogP contribution is -1.84. The molecular weight excluding hydrogens is 180 g/mol. The Bertz CT molecular complexity index is 208. The molecule has 0 spiro atoms. The molecule has 0 aromatic carbocycles. The van der Waals surface area contributed by atoms with Crippen molar-refractivity contribution < 1.29 is 0 Å². The molecular formula is C6H5BrN2. The molecule has 3 heteroatoms. The van der Waals surface area contributed by atoms with Gasteiger partial charge in [0.05, 0.1) is 4.48 Å². The Balaban J connectivity index is 2.98. The number of halogens is 1. The van der Waals surface area contributed by atoms with Crippen molar-refractivity contribution in [1.82, 2.24) is 9.97 Å². The third kappa shape index (κ3) is 1.61. The highest BCUT2D eigenvalue weighted by atomic mass is 79.9. The number of aromatic nitrogens is 2. The van der Waals surface area contributed by atoms with E-state index in [2.05, 4.69) is 32.5 Å². The molecule has 0 amide bonds. The van der Waals surface area contributed by atoms with Crippen LogP contribution >= 0.6 is 15.9 Å². The van der Waals surface area contributed by atoms with Crippen molar-refractivity contribution in [3.63, 3.8) is 0 Å². The topological polar surface area (TPSA) is 25.8 Å². The number of hydrogen-bond acceptors (Lipinski definition) is 2. The molecule has 0 radical (unpaired) electrons. The lowest BCUT2D eigenvalue weighted by atomic mass is 10.5. The second-order valence-corrected chi connectivity index (χ2v) is 2.43. The van der Waals surface area contributed by atoms with Gasteiger partial charge in [-0.3, -0.25) is 0 Å². The predicted molar refractivity (Wildman–Crippen MR) is 40.0 cm³/mol. The van der Waals surface area contributed by atoms with Gasteiger partial charge in [0.1, 0.15) is 0 Å². The van der Waals surface area contributed by atoms with Gasteiger partial charge in [-0.05, 0) is 22.0 Å². The van der Waals surface area contributed by atoms with Crippen LogP contribution < -0.4 is 0 Å². The first kappa shape index (κ1) is 6.42. The van der Waals surface area contributed by atoms with Crippen LogP contribution in [0.25, 0.3) is 4.48 Å². The van der Waals surface area contributed by atoms with Gasteiger partial charge in [0.2, 0.25) is 0 Å². The number of hydrogen-bond donors (Lipinski definition) is 0. The molecule has 2 nitrogen and oxygen atoms in total. The van der Waals surface area contributed by atoms with Crippen LogP contribution in [-0.2, 0) is 0 Å². The summed E-state index contributed by atoms with van der Waals surface area (Å²) in [6.07, 6.45) is 3.35. The van der Waals surface area contributed by atoms with Gasteiger partial charge in [-0.2, -0.15) is 0 Å². The van der Waals surface area contributed by atoms with E-state index >= 15 is 0 Å². The SMILES string of the molecule is C=C(Br)c1ncccn1. The van der Waals surface area contributed by atoms with E-state index < -0.39 is 0 Å². The summed E-state index contributed by atoms with van der Waals surface area (Å²) in [5, 5.41) is 0. The average Bonchev–Trinajstić information content (AvgIpc) is 1.90. The van der Waals surface area contributed by atoms with Crippen LogP contribution in [0.2, 0.25) is 0 Å². The maximum Gasteiger partial charge on any atom is 0.165 e. The van der Waals surface area contributed by atoms with E-state index in [0.29, 0.717) is 10.3 Å². The molecule has 0 saturated heterocycles. The monoisotopic (exact) mass is 184 g/mol. The van der Waals surface area contributed by atoms with Gasteiger partial charge in [0, 0.05) is 12.4 Å².